The van der Waals surface area contributed by atoms with E-state index >= 15 is 0 Å². The number of hydrogen-bond donors (Lipinski definition) is 1. The summed E-state index contributed by atoms with van der Waals surface area (Å²) in [7, 11) is -1.03. The van der Waals surface area contributed by atoms with Crippen LogP contribution in [0.15, 0.2) is 49.3 Å². The van der Waals surface area contributed by atoms with Crippen LogP contribution in [0, 0.1) is 0 Å². The largest absolute Gasteiger partial charge is 0.454 e. The number of rotatable bonds is 4. The summed E-state index contributed by atoms with van der Waals surface area (Å²) in [5, 5.41) is 0. The van der Waals surface area contributed by atoms with Crippen molar-refractivity contribution >= 4 is 37.0 Å². The van der Waals surface area contributed by atoms with Gasteiger partial charge in [0.25, 0.3) is 0 Å². The second kappa shape index (κ2) is 7.01. The predicted molar refractivity (Wildman–Crippen MR) is 109 cm³/mol. The molecule has 0 radical (unpaired) electrons. The molecule has 0 unspecified atom stereocenters. The molecule has 9 nitrogen and oxygen atoms in total. The fourth-order valence-electron chi connectivity index (χ4n) is 3.09. The number of aryl methyl sites for hydroxylation is 2. The lowest BCUT2D eigenvalue weighted by atomic mass is 10.2. The average molecular weight is 482 g/mol. The molecule has 29 heavy (non-hydrogen) atoms. The number of ether oxygens (including phenoxy) is 2. The van der Waals surface area contributed by atoms with Crippen LogP contribution in [0.25, 0.3) is 11.0 Å². The van der Waals surface area contributed by atoms with E-state index in [1.807, 2.05) is 0 Å². The van der Waals surface area contributed by atoms with Crippen LogP contribution in [0.2, 0.25) is 0 Å². The van der Waals surface area contributed by atoms with Crippen LogP contribution >= 0.6 is 15.9 Å². The minimum Gasteiger partial charge on any atom is -0.454 e. The van der Waals surface area contributed by atoms with Gasteiger partial charge in [-0.3, -0.25) is 9.59 Å². The Bertz CT molecular complexity index is 1380. The summed E-state index contributed by atoms with van der Waals surface area (Å²) >= 11 is 3.26. The third-order valence-electron chi connectivity index (χ3n) is 4.74. The number of hydrogen-bond acceptors (Lipinski definition) is 6. The first kappa shape index (κ1) is 19.7. The number of benzene rings is 2. The minimum atomic E-state index is -3.92. The van der Waals surface area contributed by atoms with E-state index in [4.69, 9.17) is 9.47 Å². The number of sulfonamides is 1. The lowest BCUT2D eigenvalue weighted by Crippen LogP contribution is -2.39. The van der Waals surface area contributed by atoms with Crippen molar-refractivity contribution in [3.05, 3.63) is 61.1 Å². The molecule has 0 amide bonds. The first-order chi connectivity index (χ1) is 13.7. The van der Waals surface area contributed by atoms with Gasteiger partial charge >= 0.3 is 11.1 Å². The van der Waals surface area contributed by atoms with Gasteiger partial charge in [-0.25, -0.2) is 13.1 Å². The summed E-state index contributed by atoms with van der Waals surface area (Å²) < 4.78 is 41.5. The van der Waals surface area contributed by atoms with Crippen LogP contribution in [-0.2, 0) is 30.7 Å². The molecule has 2 aromatic carbocycles. The molecule has 4 rings (SSSR count). The Morgan fingerprint density at radius 1 is 1.00 bits per heavy atom. The molecule has 0 saturated carbocycles. The molecule has 0 spiro atoms. The zero-order valence-corrected chi connectivity index (χ0v) is 17.8. The highest BCUT2D eigenvalue weighted by Gasteiger charge is 2.21. The van der Waals surface area contributed by atoms with Crippen molar-refractivity contribution in [3.8, 4) is 11.5 Å². The van der Waals surface area contributed by atoms with Crippen LogP contribution in [0.5, 0.6) is 11.5 Å². The Morgan fingerprint density at radius 2 is 1.62 bits per heavy atom. The maximum atomic E-state index is 12.9. The van der Waals surface area contributed by atoms with E-state index in [9.17, 15) is 18.0 Å². The Balaban J connectivity index is 1.72. The fraction of sp³-hybridized carbons (Fsp3) is 0.222. The van der Waals surface area contributed by atoms with E-state index in [0.29, 0.717) is 28.1 Å². The van der Waals surface area contributed by atoms with Crippen LogP contribution < -0.4 is 25.3 Å². The normalized spacial score (nSPS) is 13.2. The van der Waals surface area contributed by atoms with Gasteiger partial charge in [0.2, 0.25) is 16.8 Å². The molecule has 2 heterocycles. The van der Waals surface area contributed by atoms with Crippen molar-refractivity contribution in [2.75, 3.05) is 6.79 Å². The molecule has 1 aromatic heterocycles. The van der Waals surface area contributed by atoms with Gasteiger partial charge in [0, 0.05) is 25.1 Å². The summed E-state index contributed by atoms with van der Waals surface area (Å²) in [6.45, 7) is 0.172. The number of aromatic nitrogens is 2. The third kappa shape index (κ3) is 3.34. The van der Waals surface area contributed by atoms with Crippen LogP contribution in [0.1, 0.15) is 5.56 Å². The van der Waals surface area contributed by atoms with Crippen molar-refractivity contribution in [1.29, 1.82) is 0 Å². The molecule has 0 bridgehead atoms. The van der Waals surface area contributed by atoms with Crippen LogP contribution in [0.3, 0.4) is 0 Å². The quantitative estimate of drug-likeness (QED) is 0.561. The summed E-state index contributed by atoms with van der Waals surface area (Å²) in [5.41, 5.74) is 0.0226. The van der Waals surface area contributed by atoms with Gasteiger partial charge in [-0.2, -0.15) is 0 Å². The minimum absolute atomic E-state index is 0.0374. The summed E-state index contributed by atoms with van der Waals surface area (Å²) in [4.78, 5) is 24.0. The molecule has 0 atom stereocenters. The van der Waals surface area contributed by atoms with Gasteiger partial charge in [0.05, 0.1) is 15.9 Å². The number of nitrogens with zero attached hydrogens (tertiary/aromatic N) is 2. The molecule has 1 N–H and O–H groups in total. The molecule has 0 saturated heterocycles. The van der Waals surface area contributed by atoms with Crippen molar-refractivity contribution in [2.24, 2.45) is 14.1 Å². The highest BCUT2D eigenvalue weighted by Crippen LogP contribution is 2.32. The van der Waals surface area contributed by atoms with E-state index < -0.39 is 21.1 Å². The van der Waals surface area contributed by atoms with Gasteiger partial charge < -0.3 is 18.6 Å². The van der Waals surface area contributed by atoms with Crippen molar-refractivity contribution in [3.63, 3.8) is 0 Å². The van der Waals surface area contributed by atoms with Crippen LogP contribution in [-0.4, -0.2) is 24.3 Å². The van der Waals surface area contributed by atoms with E-state index in [2.05, 4.69) is 20.7 Å². The lowest BCUT2D eigenvalue weighted by molar-refractivity contribution is 0.174. The van der Waals surface area contributed by atoms with Gasteiger partial charge in [-0.05, 0) is 45.8 Å². The maximum absolute atomic E-state index is 12.9. The zero-order chi connectivity index (χ0) is 20.9. The van der Waals surface area contributed by atoms with Crippen molar-refractivity contribution < 1.29 is 17.9 Å². The third-order valence-corrected chi connectivity index (χ3v) is 7.10. The fourth-order valence-corrected chi connectivity index (χ4v) is 5.15. The standard InChI is InChI=1S/C18H16BrN3O6S/c1-21-12-6-11(19)16(7-13(12)22(2)18(24)17(21)23)29(25,26)20-8-10-3-4-14-15(5-10)28-9-27-14/h3-7,20H,8-9H2,1-2H3. The second-order valence-electron chi connectivity index (χ2n) is 6.51. The summed E-state index contributed by atoms with van der Waals surface area (Å²) in [5.74, 6) is 1.17. The van der Waals surface area contributed by atoms with Gasteiger partial charge in [0.15, 0.2) is 11.5 Å². The summed E-state index contributed by atoms with van der Waals surface area (Å²) in [6, 6.07) is 8.03. The molecule has 152 valence electrons. The Kier molecular flexibility index (Phi) is 4.75. The molecule has 11 heteroatoms. The number of nitrogens with one attached hydrogen (secondary N) is 1. The molecule has 1 aliphatic rings. The topological polar surface area (TPSA) is 109 Å². The highest BCUT2D eigenvalue weighted by atomic mass is 79.9. The predicted octanol–water partition coefficient (Wildman–Crippen LogP) is 1.21. The van der Waals surface area contributed by atoms with Gasteiger partial charge in [-0.15, -0.1) is 0 Å². The Morgan fingerprint density at radius 3 is 2.31 bits per heavy atom. The number of fused-ring (bicyclic) bond motifs is 2. The SMILES string of the molecule is Cn1c(=O)c(=O)n(C)c2cc(S(=O)(=O)NCc3ccc4c(c3)OCO4)c(Br)cc21. The smallest absolute Gasteiger partial charge is 0.316 e. The van der Waals surface area contributed by atoms with E-state index in [1.165, 1.54) is 30.8 Å². The number of halogens is 1. The molecular weight excluding hydrogens is 466 g/mol. The molecule has 0 aliphatic carbocycles. The van der Waals surface area contributed by atoms with Crippen molar-refractivity contribution in [1.82, 2.24) is 13.9 Å². The molecule has 1 aliphatic heterocycles. The van der Waals surface area contributed by atoms with Crippen molar-refractivity contribution in [2.45, 2.75) is 11.4 Å². The van der Waals surface area contributed by atoms with E-state index in [0.717, 1.165) is 4.57 Å². The van der Waals surface area contributed by atoms with Gasteiger partial charge in [-0.1, -0.05) is 6.07 Å². The summed E-state index contributed by atoms with van der Waals surface area (Å²) in [6.07, 6.45) is 0. The van der Waals surface area contributed by atoms with Gasteiger partial charge in [0.1, 0.15) is 0 Å². The lowest BCUT2D eigenvalue weighted by Gasteiger charge is -2.13. The monoisotopic (exact) mass is 481 g/mol. The molecule has 0 fully saturated rings. The Labute approximate surface area is 173 Å². The first-order valence-corrected chi connectivity index (χ1v) is 10.7. The first-order valence-electron chi connectivity index (χ1n) is 8.46. The van der Waals surface area contributed by atoms with E-state index in [-0.39, 0.29) is 22.7 Å². The van der Waals surface area contributed by atoms with Crippen LogP contribution in [0.4, 0.5) is 0 Å². The zero-order valence-electron chi connectivity index (χ0n) is 15.4. The second-order valence-corrected chi connectivity index (χ2v) is 9.10. The average Bonchev–Trinajstić information content (AvgIpc) is 3.16. The Hall–Kier alpha value is -2.63. The molecular formula is C18H16BrN3O6S. The highest BCUT2D eigenvalue weighted by molar-refractivity contribution is 9.10. The maximum Gasteiger partial charge on any atom is 0.316 e. The van der Waals surface area contributed by atoms with E-state index in [1.54, 1.807) is 18.2 Å². The molecule has 3 aromatic rings.